The van der Waals surface area contributed by atoms with E-state index in [4.69, 9.17) is 5.26 Å². The van der Waals surface area contributed by atoms with Crippen LogP contribution in [0.1, 0.15) is 39.0 Å². The minimum Gasteiger partial charge on any atom is -0.352 e. The van der Waals surface area contributed by atoms with Crippen molar-refractivity contribution in [3.8, 4) is 6.07 Å². The first-order valence-corrected chi connectivity index (χ1v) is 4.90. The van der Waals surface area contributed by atoms with Crippen LogP contribution in [-0.4, -0.2) is 11.9 Å². The van der Waals surface area contributed by atoms with Gasteiger partial charge in [-0.25, -0.2) is 0 Å². The molecule has 1 atom stereocenters. The zero-order chi connectivity index (χ0) is 9.68. The quantitative estimate of drug-likeness (QED) is 0.717. The van der Waals surface area contributed by atoms with E-state index in [1.54, 1.807) is 0 Å². The summed E-state index contributed by atoms with van der Waals surface area (Å²) >= 11 is 0. The lowest BCUT2D eigenvalue weighted by molar-refractivity contribution is -0.121. The van der Waals surface area contributed by atoms with E-state index in [0.717, 1.165) is 0 Å². The van der Waals surface area contributed by atoms with Crippen molar-refractivity contribution in [2.45, 2.75) is 45.1 Å². The molecule has 0 aromatic heterocycles. The molecule has 1 N–H and O–H groups in total. The summed E-state index contributed by atoms with van der Waals surface area (Å²) in [4.78, 5) is 11.1. The highest BCUT2D eigenvalue weighted by Gasteiger charge is 2.22. The van der Waals surface area contributed by atoms with Gasteiger partial charge in [0, 0.05) is 6.04 Å². The number of nitrogens with one attached hydrogen (secondary N) is 1. The fourth-order valence-corrected chi connectivity index (χ4v) is 1.95. The molecule has 1 unspecified atom stereocenters. The summed E-state index contributed by atoms with van der Waals surface area (Å²) in [7, 11) is 0. The van der Waals surface area contributed by atoms with Crippen molar-refractivity contribution in [3.63, 3.8) is 0 Å². The molecule has 0 aliphatic heterocycles. The first-order chi connectivity index (χ1) is 6.24. The molecule has 3 nitrogen and oxygen atoms in total. The summed E-state index contributed by atoms with van der Waals surface area (Å²) < 4.78 is 0. The van der Waals surface area contributed by atoms with Crippen molar-refractivity contribution in [2.24, 2.45) is 5.92 Å². The molecular weight excluding hydrogens is 164 g/mol. The Morgan fingerprint density at radius 1 is 1.62 bits per heavy atom. The van der Waals surface area contributed by atoms with Gasteiger partial charge in [0.05, 0.1) is 6.07 Å². The van der Waals surface area contributed by atoms with Crippen molar-refractivity contribution in [1.29, 1.82) is 5.26 Å². The summed E-state index contributed by atoms with van der Waals surface area (Å²) in [6.07, 6.45) is 4.98. The molecule has 0 heterocycles. The lowest BCUT2D eigenvalue weighted by atomic mass is 10.00. The van der Waals surface area contributed by atoms with Crippen LogP contribution in [0.15, 0.2) is 0 Å². The van der Waals surface area contributed by atoms with Crippen LogP contribution in [0.5, 0.6) is 0 Å². The number of rotatable bonds is 3. The Labute approximate surface area is 79.1 Å². The standard InChI is InChI=1S/C10H16N2O/c1-8(9-4-2-3-5-9)12-10(13)6-7-11/h8-9H,2-6H2,1H3,(H,12,13). The Morgan fingerprint density at radius 3 is 2.77 bits per heavy atom. The molecule has 3 heteroatoms. The first-order valence-electron chi connectivity index (χ1n) is 4.90. The Morgan fingerprint density at radius 2 is 2.23 bits per heavy atom. The molecule has 1 amide bonds. The molecule has 72 valence electrons. The summed E-state index contributed by atoms with van der Waals surface area (Å²) in [5.41, 5.74) is 0. The van der Waals surface area contributed by atoms with Crippen LogP contribution in [0.3, 0.4) is 0 Å². The lowest BCUT2D eigenvalue weighted by Gasteiger charge is -2.19. The third-order valence-corrected chi connectivity index (χ3v) is 2.74. The lowest BCUT2D eigenvalue weighted by Crippen LogP contribution is -2.36. The fraction of sp³-hybridized carbons (Fsp3) is 0.800. The van der Waals surface area contributed by atoms with E-state index in [0.29, 0.717) is 5.92 Å². The second kappa shape index (κ2) is 4.86. The maximum atomic E-state index is 11.1. The molecule has 1 rings (SSSR count). The van der Waals surface area contributed by atoms with Gasteiger partial charge >= 0.3 is 0 Å². The topological polar surface area (TPSA) is 52.9 Å². The molecule has 1 fully saturated rings. The largest absolute Gasteiger partial charge is 0.352 e. The third-order valence-electron chi connectivity index (χ3n) is 2.74. The summed E-state index contributed by atoms with van der Waals surface area (Å²) in [6.45, 7) is 2.03. The van der Waals surface area contributed by atoms with Gasteiger partial charge in [0.15, 0.2) is 0 Å². The first kappa shape index (κ1) is 10.0. The molecule has 0 spiro atoms. The number of hydrogen-bond acceptors (Lipinski definition) is 2. The number of nitrogens with zero attached hydrogens (tertiary/aromatic N) is 1. The maximum Gasteiger partial charge on any atom is 0.234 e. The van der Waals surface area contributed by atoms with E-state index in [1.165, 1.54) is 25.7 Å². The average molecular weight is 180 g/mol. The highest BCUT2D eigenvalue weighted by molar-refractivity contribution is 5.78. The normalized spacial score (nSPS) is 19.4. The summed E-state index contributed by atoms with van der Waals surface area (Å²) in [5.74, 6) is 0.490. The van der Waals surface area contributed by atoms with Gasteiger partial charge in [-0.2, -0.15) is 5.26 Å². The molecule has 13 heavy (non-hydrogen) atoms. The van der Waals surface area contributed by atoms with Gasteiger partial charge in [0.25, 0.3) is 0 Å². The molecule has 1 aliphatic carbocycles. The van der Waals surface area contributed by atoms with Gasteiger partial charge in [-0.05, 0) is 25.7 Å². The van der Waals surface area contributed by atoms with E-state index in [9.17, 15) is 4.79 Å². The number of amides is 1. The van der Waals surface area contributed by atoms with E-state index >= 15 is 0 Å². The van der Waals surface area contributed by atoms with Crippen molar-refractivity contribution >= 4 is 5.91 Å². The molecular formula is C10H16N2O. The van der Waals surface area contributed by atoms with Crippen molar-refractivity contribution < 1.29 is 4.79 Å². The van der Waals surface area contributed by atoms with E-state index < -0.39 is 0 Å². The minimum absolute atomic E-state index is 0.0168. The molecule has 0 radical (unpaired) electrons. The van der Waals surface area contributed by atoms with Crippen molar-refractivity contribution in [2.75, 3.05) is 0 Å². The Bertz CT molecular complexity index is 213. The molecule has 0 aromatic rings. The van der Waals surface area contributed by atoms with Crippen LogP contribution in [0.4, 0.5) is 0 Å². The SMILES string of the molecule is CC(NC(=O)CC#N)C1CCCC1. The van der Waals surface area contributed by atoms with Gasteiger partial charge in [-0.3, -0.25) is 4.79 Å². The molecule has 0 aromatic carbocycles. The van der Waals surface area contributed by atoms with E-state index in [1.807, 2.05) is 13.0 Å². The highest BCUT2D eigenvalue weighted by Crippen LogP contribution is 2.27. The number of carbonyl (C=O) groups is 1. The van der Waals surface area contributed by atoms with Crippen LogP contribution < -0.4 is 5.32 Å². The smallest absolute Gasteiger partial charge is 0.234 e. The number of carbonyl (C=O) groups excluding carboxylic acids is 1. The van der Waals surface area contributed by atoms with E-state index in [2.05, 4.69) is 5.32 Å². The van der Waals surface area contributed by atoms with Crippen LogP contribution in [0.25, 0.3) is 0 Å². The molecule has 0 bridgehead atoms. The molecule has 0 saturated heterocycles. The average Bonchev–Trinajstić information content (AvgIpc) is 2.55. The van der Waals surface area contributed by atoms with Crippen LogP contribution >= 0.6 is 0 Å². The monoisotopic (exact) mass is 180 g/mol. The van der Waals surface area contributed by atoms with Gasteiger partial charge in [0.1, 0.15) is 6.42 Å². The van der Waals surface area contributed by atoms with Crippen LogP contribution in [0.2, 0.25) is 0 Å². The van der Waals surface area contributed by atoms with Gasteiger partial charge < -0.3 is 5.32 Å². The third kappa shape index (κ3) is 3.06. The van der Waals surface area contributed by atoms with Crippen LogP contribution in [-0.2, 0) is 4.79 Å². The number of hydrogen-bond donors (Lipinski definition) is 1. The number of nitriles is 1. The highest BCUT2D eigenvalue weighted by atomic mass is 16.1. The fourth-order valence-electron chi connectivity index (χ4n) is 1.95. The Hall–Kier alpha value is -1.04. The molecule has 1 aliphatic rings. The van der Waals surface area contributed by atoms with Gasteiger partial charge in [-0.15, -0.1) is 0 Å². The predicted molar refractivity (Wildman–Crippen MR) is 49.8 cm³/mol. The summed E-state index contributed by atoms with van der Waals surface area (Å²) in [5, 5.41) is 11.2. The van der Waals surface area contributed by atoms with Gasteiger partial charge in [0.2, 0.25) is 5.91 Å². The van der Waals surface area contributed by atoms with Gasteiger partial charge in [-0.1, -0.05) is 12.8 Å². The second-order valence-corrected chi connectivity index (χ2v) is 3.74. The minimum atomic E-state index is -0.137. The van der Waals surface area contributed by atoms with E-state index in [-0.39, 0.29) is 18.4 Å². The second-order valence-electron chi connectivity index (χ2n) is 3.74. The zero-order valence-electron chi connectivity index (χ0n) is 8.05. The Balaban J connectivity index is 2.27. The predicted octanol–water partition coefficient (Wildman–Crippen LogP) is 1.59. The van der Waals surface area contributed by atoms with Crippen LogP contribution in [0, 0.1) is 17.2 Å². The van der Waals surface area contributed by atoms with Crippen molar-refractivity contribution in [3.05, 3.63) is 0 Å². The maximum absolute atomic E-state index is 11.1. The summed E-state index contributed by atoms with van der Waals surface area (Å²) in [6, 6.07) is 2.09. The molecule has 1 saturated carbocycles. The van der Waals surface area contributed by atoms with Crippen molar-refractivity contribution in [1.82, 2.24) is 5.32 Å². The Kier molecular flexibility index (Phi) is 3.75. The zero-order valence-corrected chi connectivity index (χ0v) is 8.05.